The molecule has 0 amide bonds. The zero-order chi connectivity index (χ0) is 27.0. The fraction of sp³-hybridized carbons (Fsp3) is 0.314. The highest BCUT2D eigenvalue weighted by atomic mass is 15.5. The molecule has 4 aromatic rings. The molecular formula is C35H44N4. The lowest BCUT2D eigenvalue weighted by Crippen LogP contribution is -2.55. The van der Waals surface area contributed by atoms with Gasteiger partial charge in [0.15, 0.2) is 0 Å². The Morgan fingerprint density at radius 1 is 0.385 bits per heavy atom. The highest BCUT2D eigenvalue weighted by Gasteiger charge is 2.22. The first kappa shape index (κ1) is 28.7. The van der Waals surface area contributed by atoms with Crippen LogP contribution in [0.25, 0.3) is 0 Å². The third-order valence-corrected chi connectivity index (χ3v) is 7.15. The summed E-state index contributed by atoms with van der Waals surface area (Å²) in [4.78, 5) is 7.81. The first-order valence-corrected chi connectivity index (χ1v) is 14.3. The van der Waals surface area contributed by atoms with Crippen LogP contribution in [0.3, 0.4) is 0 Å². The van der Waals surface area contributed by atoms with Gasteiger partial charge in [-0.25, -0.2) is 0 Å². The van der Waals surface area contributed by atoms with Crippen LogP contribution in [0.15, 0.2) is 121 Å². The Morgan fingerprint density at radius 3 is 0.897 bits per heavy atom. The number of hydrogen-bond acceptors (Lipinski definition) is 4. The second-order valence-corrected chi connectivity index (χ2v) is 10.3. The number of hydrogen-bond donors (Lipinski definition) is 1. The van der Waals surface area contributed by atoms with Crippen LogP contribution in [0.2, 0.25) is 0 Å². The van der Waals surface area contributed by atoms with E-state index in [1.165, 1.54) is 22.3 Å². The highest BCUT2D eigenvalue weighted by molar-refractivity contribution is 5.17. The Hall–Kier alpha value is -3.28. The number of benzene rings is 4. The summed E-state index contributed by atoms with van der Waals surface area (Å²) in [5, 5.41) is 0. The minimum absolute atomic E-state index is 0.740. The summed E-state index contributed by atoms with van der Waals surface area (Å²) >= 11 is 0. The molecule has 204 valence electrons. The zero-order valence-corrected chi connectivity index (χ0v) is 23.2. The Balaban J connectivity index is 0.000000333. The van der Waals surface area contributed by atoms with Crippen LogP contribution in [0, 0.1) is 0 Å². The fourth-order valence-electron chi connectivity index (χ4n) is 5.01. The molecule has 1 aliphatic heterocycles. The van der Waals surface area contributed by atoms with Crippen molar-refractivity contribution in [1.29, 1.82) is 0 Å². The van der Waals surface area contributed by atoms with Gasteiger partial charge in [-0.3, -0.25) is 14.7 Å². The molecule has 0 spiro atoms. The van der Waals surface area contributed by atoms with E-state index in [1.807, 2.05) is 18.2 Å². The monoisotopic (exact) mass is 520 g/mol. The van der Waals surface area contributed by atoms with Gasteiger partial charge in [0.25, 0.3) is 0 Å². The molecule has 1 fully saturated rings. The van der Waals surface area contributed by atoms with Gasteiger partial charge >= 0.3 is 0 Å². The molecule has 1 saturated heterocycles. The summed E-state index contributed by atoms with van der Waals surface area (Å²) in [6.07, 6.45) is 4.32. The molecular weight excluding hydrogens is 476 g/mol. The van der Waals surface area contributed by atoms with E-state index in [0.29, 0.717) is 0 Å². The predicted octanol–water partition coefficient (Wildman–Crippen LogP) is 5.69. The minimum atomic E-state index is 0.740. The van der Waals surface area contributed by atoms with Crippen molar-refractivity contribution in [3.63, 3.8) is 0 Å². The van der Waals surface area contributed by atoms with Crippen LogP contribution >= 0.6 is 0 Å². The van der Waals surface area contributed by atoms with Crippen LogP contribution in [-0.2, 0) is 25.7 Å². The largest absolute Gasteiger partial charge is 0.330 e. The van der Waals surface area contributed by atoms with Crippen LogP contribution in [0.4, 0.5) is 0 Å². The molecule has 4 heteroatoms. The van der Waals surface area contributed by atoms with Gasteiger partial charge in [-0.05, 0) is 54.5 Å². The SMILES string of the molecule is NCCc1ccccc1.c1ccc(CCN2CN(CCc3ccccc3)CN(CCc3ccccc3)C2)cc1. The molecule has 1 aliphatic rings. The van der Waals surface area contributed by atoms with E-state index in [2.05, 4.69) is 118 Å². The van der Waals surface area contributed by atoms with Crippen molar-refractivity contribution in [2.24, 2.45) is 5.73 Å². The van der Waals surface area contributed by atoms with E-state index in [9.17, 15) is 0 Å². The number of nitrogens with zero attached hydrogens (tertiary/aromatic N) is 3. The van der Waals surface area contributed by atoms with Gasteiger partial charge in [0.2, 0.25) is 0 Å². The van der Waals surface area contributed by atoms with Gasteiger partial charge in [-0.15, -0.1) is 0 Å². The minimum Gasteiger partial charge on any atom is -0.330 e. The van der Waals surface area contributed by atoms with E-state index in [4.69, 9.17) is 5.73 Å². The number of rotatable bonds is 11. The fourth-order valence-corrected chi connectivity index (χ4v) is 5.01. The average molecular weight is 521 g/mol. The summed E-state index contributed by atoms with van der Waals surface area (Å²) in [6, 6.07) is 42.9. The maximum Gasteiger partial charge on any atom is 0.0530 e. The quantitative estimate of drug-likeness (QED) is 0.275. The predicted molar refractivity (Wildman–Crippen MR) is 164 cm³/mol. The molecule has 2 N–H and O–H groups in total. The van der Waals surface area contributed by atoms with Crippen molar-refractivity contribution in [3.05, 3.63) is 144 Å². The normalized spacial score (nSPS) is 14.5. The van der Waals surface area contributed by atoms with E-state index in [-0.39, 0.29) is 0 Å². The third kappa shape index (κ3) is 10.8. The highest BCUT2D eigenvalue weighted by Crippen LogP contribution is 2.12. The van der Waals surface area contributed by atoms with E-state index < -0.39 is 0 Å². The maximum absolute atomic E-state index is 5.36. The van der Waals surface area contributed by atoms with Crippen LogP contribution in [0.1, 0.15) is 22.3 Å². The Bertz CT molecular complexity index is 1030. The first-order valence-electron chi connectivity index (χ1n) is 14.3. The Morgan fingerprint density at radius 2 is 0.641 bits per heavy atom. The molecule has 0 aromatic heterocycles. The van der Waals surface area contributed by atoms with Gasteiger partial charge in [-0.1, -0.05) is 121 Å². The first-order chi connectivity index (χ1) is 19.3. The maximum atomic E-state index is 5.36. The second kappa shape index (κ2) is 16.6. The summed E-state index contributed by atoms with van der Waals surface area (Å²) in [7, 11) is 0. The summed E-state index contributed by atoms with van der Waals surface area (Å²) in [6.45, 7) is 7.23. The zero-order valence-electron chi connectivity index (χ0n) is 23.2. The van der Waals surface area contributed by atoms with E-state index in [0.717, 1.165) is 71.9 Å². The Kier molecular flexibility index (Phi) is 12.2. The molecule has 0 atom stereocenters. The second-order valence-electron chi connectivity index (χ2n) is 10.3. The van der Waals surface area contributed by atoms with Crippen LogP contribution < -0.4 is 5.73 Å². The molecule has 0 saturated carbocycles. The Labute approximate surface area is 235 Å². The van der Waals surface area contributed by atoms with Crippen molar-refractivity contribution in [3.8, 4) is 0 Å². The molecule has 0 unspecified atom stereocenters. The molecule has 0 radical (unpaired) electrons. The topological polar surface area (TPSA) is 35.7 Å². The number of nitrogens with two attached hydrogens (primary N) is 1. The van der Waals surface area contributed by atoms with Gasteiger partial charge in [0, 0.05) is 19.6 Å². The molecule has 39 heavy (non-hydrogen) atoms. The molecule has 0 aliphatic carbocycles. The van der Waals surface area contributed by atoms with Gasteiger partial charge in [0.1, 0.15) is 0 Å². The van der Waals surface area contributed by atoms with E-state index in [1.54, 1.807) is 0 Å². The van der Waals surface area contributed by atoms with Gasteiger partial charge in [-0.2, -0.15) is 0 Å². The lowest BCUT2D eigenvalue weighted by molar-refractivity contribution is -0.0275. The molecule has 0 bridgehead atoms. The van der Waals surface area contributed by atoms with Crippen molar-refractivity contribution in [1.82, 2.24) is 14.7 Å². The van der Waals surface area contributed by atoms with Crippen molar-refractivity contribution in [2.45, 2.75) is 25.7 Å². The van der Waals surface area contributed by atoms with Crippen molar-refractivity contribution < 1.29 is 0 Å². The summed E-state index contributed by atoms with van der Waals surface area (Å²) in [5.74, 6) is 0. The van der Waals surface area contributed by atoms with Crippen molar-refractivity contribution >= 4 is 0 Å². The van der Waals surface area contributed by atoms with Crippen LogP contribution in [-0.4, -0.2) is 60.9 Å². The average Bonchev–Trinajstić information content (AvgIpc) is 3.01. The lowest BCUT2D eigenvalue weighted by atomic mass is 10.1. The van der Waals surface area contributed by atoms with Crippen LogP contribution in [0.5, 0.6) is 0 Å². The van der Waals surface area contributed by atoms with Gasteiger partial charge < -0.3 is 5.73 Å². The molecule has 4 nitrogen and oxygen atoms in total. The molecule has 4 aromatic carbocycles. The summed E-state index contributed by atoms with van der Waals surface area (Å²) < 4.78 is 0. The molecule has 5 rings (SSSR count). The van der Waals surface area contributed by atoms with E-state index >= 15 is 0 Å². The smallest absolute Gasteiger partial charge is 0.0530 e. The third-order valence-electron chi connectivity index (χ3n) is 7.15. The van der Waals surface area contributed by atoms with Gasteiger partial charge in [0.05, 0.1) is 20.0 Å². The molecule has 1 heterocycles. The summed E-state index contributed by atoms with van der Waals surface area (Å²) in [5.41, 5.74) is 11.0. The lowest BCUT2D eigenvalue weighted by Gasteiger charge is -2.42. The van der Waals surface area contributed by atoms with Crippen molar-refractivity contribution in [2.75, 3.05) is 46.2 Å². The standard InChI is InChI=1S/C27H33N3.C8H11N/c1-4-10-25(11-5-1)16-19-28-22-29(20-17-26-12-6-2-7-13-26)24-30(23-28)21-18-27-14-8-3-9-15-27;9-7-6-8-4-2-1-3-5-8/h1-15H,16-24H2;1-5H,6-7,9H2.